The Labute approximate surface area is 108 Å². The van der Waals surface area contributed by atoms with Gasteiger partial charge < -0.3 is 5.11 Å². The Hall–Kier alpha value is -2.06. The second kappa shape index (κ2) is 3.72. The molecule has 1 aliphatic carbocycles. The fourth-order valence-corrected chi connectivity index (χ4v) is 2.51. The second-order valence-electron chi connectivity index (χ2n) is 4.18. The van der Waals surface area contributed by atoms with Crippen LogP contribution in [0.2, 0.25) is 5.02 Å². The lowest BCUT2D eigenvalue weighted by molar-refractivity contribution is 0.103. The molecule has 0 bridgehead atoms. The molecule has 0 atom stereocenters. The summed E-state index contributed by atoms with van der Waals surface area (Å²) in [6, 6.07) is 10.3. The Bertz CT molecular complexity index is 791. The molecule has 0 heterocycles. The number of hydrogen-bond donors (Lipinski definition) is 1. The fourth-order valence-electron chi connectivity index (χ4n) is 2.27. The van der Waals surface area contributed by atoms with E-state index in [0.717, 1.165) is 0 Å². The van der Waals surface area contributed by atoms with Crippen LogP contribution in [-0.4, -0.2) is 10.9 Å². The molecule has 3 heteroatoms. The van der Waals surface area contributed by atoms with Gasteiger partial charge in [0.15, 0.2) is 5.78 Å². The van der Waals surface area contributed by atoms with Crippen LogP contribution in [0.3, 0.4) is 0 Å². The van der Waals surface area contributed by atoms with E-state index in [-0.39, 0.29) is 11.5 Å². The van der Waals surface area contributed by atoms with E-state index in [4.69, 9.17) is 11.6 Å². The number of halogens is 1. The minimum absolute atomic E-state index is 0.0627. The maximum Gasteiger partial charge on any atom is 0.196 e. The number of rotatable bonds is 0. The quantitative estimate of drug-likeness (QED) is 0.783. The van der Waals surface area contributed by atoms with Gasteiger partial charge >= 0.3 is 0 Å². The average Bonchev–Trinajstić information content (AvgIpc) is 2.38. The smallest absolute Gasteiger partial charge is 0.196 e. The van der Waals surface area contributed by atoms with Crippen molar-refractivity contribution >= 4 is 29.7 Å². The van der Waals surface area contributed by atoms with Gasteiger partial charge in [-0.05, 0) is 11.3 Å². The minimum Gasteiger partial charge on any atom is -0.507 e. The Kier molecular flexibility index (Phi) is 2.28. The van der Waals surface area contributed by atoms with Crippen LogP contribution in [0.4, 0.5) is 0 Å². The summed E-state index contributed by atoms with van der Waals surface area (Å²) in [4.78, 5) is 12.4. The number of hydrogen-bond acceptors (Lipinski definition) is 2. The molecule has 0 amide bonds. The first-order chi connectivity index (χ1) is 8.61. The summed E-state index contributed by atoms with van der Waals surface area (Å²) in [5, 5.41) is 11.7. The van der Waals surface area contributed by atoms with E-state index in [2.05, 4.69) is 6.58 Å². The molecule has 2 nitrogen and oxygen atoms in total. The highest BCUT2D eigenvalue weighted by Gasteiger charge is 2.25. The van der Waals surface area contributed by atoms with E-state index in [1.54, 1.807) is 36.4 Å². The predicted octanol–water partition coefficient (Wildman–Crippen LogP) is 2.01. The summed E-state index contributed by atoms with van der Waals surface area (Å²) in [5.41, 5.74) is 1.33. The molecule has 2 aromatic carbocycles. The molecule has 0 fully saturated rings. The van der Waals surface area contributed by atoms with Crippen LogP contribution >= 0.6 is 11.6 Å². The van der Waals surface area contributed by atoms with Crippen LogP contribution in [0.5, 0.6) is 0 Å². The van der Waals surface area contributed by atoms with Crippen molar-refractivity contribution in [1.29, 1.82) is 0 Å². The van der Waals surface area contributed by atoms with E-state index < -0.39 is 0 Å². The summed E-state index contributed by atoms with van der Waals surface area (Å²) in [6.07, 6.45) is 0. The summed E-state index contributed by atoms with van der Waals surface area (Å²) >= 11 is 6.07. The molecule has 0 aromatic heterocycles. The average molecular weight is 257 g/mol. The van der Waals surface area contributed by atoms with E-state index in [9.17, 15) is 9.90 Å². The number of carbonyl (C=O) groups excluding carboxylic acids is 1. The van der Waals surface area contributed by atoms with Crippen LogP contribution in [0, 0.1) is 0 Å². The third kappa shape index (κ3) is 1.33. The van der Waals surface area contributed by atoms with Crippen molar-refractivity contribution in [2.45, 2.75) is 0 Å². The van der Waals surface area contributed by atoms with Crippen molar-refractivity contribution in [3.05, 3.63) is 68.5 Å². The van der Waals surface area contributed by atoms with Gasteiger partial charge in [0.2, 0.25) is 0 Å². The largest absolute Gasteiger partial charge is 0.507 e. The van der Waals surface area contributed by atoms with Crippen molar-refractivity contribution in [1.82, 2.24) is 0 Å². The molecule has 3 rings (SSSR count). The standard InChI is InChI=1S/C15H9ClO2/c1-8-6-7-11(16)13-12(8)14(17)9-4-2-3-5-10(9)15(13)18/h2-7,17H,1H2. The highest BCUT2D eigenvalue weighted by Crippen LogP contribution is 2.24. The van der Waals surface area contributed by atoms with Gasteiger partial charge in [0.1, 0.15) is 5.76 Å². The molecule has 0 saturated carbocycles. The summed E-state index contributed by atoms with van der Waals surface area (Å²) < 4.78 is 0. The van der Waals surface area contributed by atoms with E-state index in [1.165, 1.54) is 0 Å². The normalized spacial score (nSPS) is 13.2. The van der Waals surface area contributed by atoms with E-state index >= 15 is 0 Å². The van der Waals surface area contributed by atoms with Crippen LogP contribution in [0.25, 0.3) is 12.3 Å². The monoisotopic (exact) mass is 256 g/mol. The lowest BCUT2D eigenvalue weighted by Crippen LogP contribution is -2.36. The predicted molar refractivity (Wildman–Crippen MR) is 71.2 cm³/mol. The molecule has 0 aliphatic heterocycles. The molecule has 18 heavy (non-hydrogen) atoms. The lowest BCUT2D eigenvalue weighted by Gasteiger charge is -2.16. The zero-order chi connectivity index (χ0) is 12.9. The topological polar surface area (TPSA) is 37.3 Å². The van der Waals surface area contributed by atoms with Crippen LogP contribution in [0.15, 0.2) is 36.4 Å². The SMILES string of the molecule is C=c1ccc(Cl)c2c1=C(O)c1ccccc1C2=O. The Morgan fingerprint density at radius 3 is 2.44 bits per heavy atom. The third-order valence-corrected chi connectivity index (χ3v) is 3.45. The number of carbonyl (C=O) groups is 1. The summed E-state index contributed by atoms with van der Waals surface area (Å²) in [6.45, 7) is 3.84. The maximum atomic E-state index is 12.4. The van der Waals surface area contributed by atoms with E-state index in [0.29, 0.717) is 32.2 Å². The van der Waals surface area contributed by atoms with Crippen molar-refractivity contribution in [3.63, 3.8) is 0 Å². The molecule has 0 saturated heterocycles. The van der Waals surface area contributed by atoms with Gasteiger partial charge in [0, 0.05) is 16.3 Å². The molecular formula is C15H9ClO2. The molecular weight excluding hydrogens is 248 g/mol. The first kappa shape index (κ1) is 11.1. The number of aliphatic hydroxyl groups is 1. The zero-order valence-electron chi connectivity index (χ0n) is 9.40. The van der Waals surface area contributed by atoms with Gasteiger partial charge in [-0.15, -0.1) is 0 Å². The van der Waals surface area contributed by atoms with Gasteiger partial charge in [-0.1, -0.05) is 48.5 Å². The Balaban J connectivity index is 2.61. The fraction of sp³-hybridized carbons (Fsp3) is 0. The minimum atomic E-state index is -0.172. The van der Waals surface area contributed by atoms with Crippen molar-refractivity contribution < 1.29 is 9.90 Å². The molecule has 0 spiro atoms. The highest BCUT2D eigenvalue weighted by molar-refractivity contribution is 6.35. The number of ketones is 1. The molecule has 0 unspecified atom stereocenters. The molecule has 1 N–H and O–H groups in total. The maximum absolute atomic E-state index is 12.4. The molecule has 88 valence electrons. The van der Waals surface area contributed by atoms with Crippen LogP contribution in [-0.2, 0) is 0 Å². The zero-order valence-corrected chi connectivity index (χ0v) is 10.2. The van der Waals surface area contributed by atoms with Crippen LogP contribution in [0.1, 0.15) is 21.5 Å². The number of fused-ring (bicyclic) bond motifs is 2. The third-order valence-electron chi connectivity index (χ3n) is 3.13. The van der Waals surface area contributed by atoms with E-state index in [1.807, 2.05) is 0 Å². The van der Waals surface area contributed by atoms with Crippen molar-refractivity contribution in [2.75, 3.05) is 0 Å². The van der Waals surface area contributed by atoms with Gasteiger partial charge in [-0.3, -0.25) is 4.79 Å². The van der Waals surface area contributed by atoms with Crippen molar-refractivity contribution in [3.8, 4) is 0 Å². The van der Waals surface area contributed by atoms with Gasteiger partial charge in [-0.2, -0.15) is 0 Å². The van der Waals surface area contributed by atoms with Gasteiger partial charge in [0.05, 0.1) is 10.6 Å². The number of benzene rings is 2. The molecule has 1 aliphatic rings. The highest BCUT2D eigenvalue weighted by atomic mass is 35.5. The van der Waals surface area contributed by atoms with Crippen molar-refractivity contribution in [2.24, 2.45) is 0 Å². The van der Waals surface area contributed by atoms with Gasteiger partial charge in [0.25, 0.3) is 0 Å². The second-order valence-corrected chi connectivity index (χ2v) is 4.59. The Morgan fingerprint density at radius 2 is 1.72 bits per heavy atom. The lowest BCUT2D eigenvalue weighted by atomic mass is 9.89. The van der Waals surface area contributed by atoms with Gasteiger partial charge in [-0.25, -0.2) is 0 Å². The number of aliphatic hydroxyl groups excluding tert-OH is 1. The summed E-state index contributed by atoms with van der Waals surface area (Å²) in [5.74, 6) is -0.110. The Morgan fingerprint density at radius 1 is 1.06 bits per heavy atom. The molecule has 0 radical (unpaired) electrons. The summed E-state index contributed by atoms with van der Waals surface area (Å²) in [7, 11) is 0. The molecule has 2 aromatic rings. The first-order valence-electron chi connectivity index (χ1n) is 5.46. The van der Waals surface area contributed by atoms with Crippen LogP contribution < -0.4 is 10.4 Å². The first-order valence-corrected chi connectivity index (χ1v) is 5.84.